The van der Waals surface area contributed by atoms with E-state index in [1.165, 1.54) is 23.5 Å². The molecule has 0 amide bonds. The van der Waals surface area contributed by atoms with E-state index >= 15 is 0 Å². The Bertz CT molecular complexity index is 482. The van der Waals surface area contributed by atoms with E-state index in [0.29, 0.717) is 5.52 Å². The molecule has 2 aromatic rings. The van der Waals surface area contributed by atoms with Crippen molar-refractivity contribution >= 4 is 32.6 Å². The van der Waals surface area contributed by atoms with Crippen molar-refractivity contribution in [2.24, 2.45) is 0 Å². The van der Waals surface area contributed by atoms with Crippen molar-refractivity contribution in [1.82, 2.24) is 4.98 Å². The zero-order valence-electron chi connectivity index (χ0n) is 6.81. The van der Waals surface area contributed by atoms with Gasteiger partial charge in [0.2, 0.25) is 0 Å². The lowest BCUT2D eigenvalue weighted by atomic mass is 10.3. The smallest absolute Gasteiger partial charge is 0.0960 e. The number of aromatic nitrogens is 1. The molecule has 62 valence electrons. The lowest BCUT2D eigenvalue weighted by Gasteiger charge is -2.02. The number of hydrogen-bond acceptors (Lipinski definition) is 4. The Kier molecular flexibility index (Phi) is 1.64. The Morgan fingerprint density at radius 1 is 1.67 bits per heavy atom. The summed E-state index contributed by atoms with van der Waals surface area (Å²) in [6.45, 7) is 0. The van der Waals surface area contributed by atoms with Crippen molar-refractivity contribution in [3.63, 3.8) is 0 Å². The van der Waals surface area contributed by atoms with Gasteiger partial charge < -0.3 is 4.55 Å². The third-order valence-corrected chi connectivity index (χ3v) is 2.81. The average molecular weight is 199 g/mol. The van der Waals surface area contributed by atoms with E-state index in [-0.39, 0.29) is 10.4 Å². The van der Waals surface area contributed by atoms with Crippen molar-refractivity contribution in [3.05, 3.63) is 23.7 Å². The summed E-state index contributed by atoms with van der Waals surface area (Å²) in [5, 5.41) is 0. The molecule has 12 heavy (non-hydrogen) atoms. The second-order valence-electron chi connectivity index (χ2n) is 2.17. The van der Waals surface area contributed by atoms with Gasteiger partial charge >= 0.3 is 0 Å². The summed E-state index contributed by atoms with van der Waals surface area (Å²) in [5.74, 6) is 0. The van der Waals surface area contributed by atoms with Crippen LogP contribution in [0.1, 0.15) is 1.37 Å². The van der Waals surface area contributed by atoms with Crippen molar-refractivity contribution < 1.29 is 10.1 Å². The molecule has 1 aromatic heterocycles. The van der Waals surface area contributed by atoms with Gasteiger partial charge in [-0.3, -0.25) is 4.21 Å². The number of hydrogen-bond donors (Lipinski definition) is 0. The molecule has 0 aliphatic carbocycles. The first-order chi connectivity index (χ1) is 6.16. The third-order valence-electron chi connectivity index (χ3n) is 1.45. The van der Waals surface area contributed by atoms with E-state index < -0.39 is 11.1 Å². The molecule has 0 saturated carbocycles. The molecule has 0 spiro atoms. The van der Waals surface area contributed by atoms with E-state index in [1.54, 1.807) is 6.07 Å². The van der Waals surface area contributed by atoms with Crippen LogP contribution in [0.3, 0.4) is 0 Å². The molecule has 1 unspecified atom stereocenters. The summed E-state index contributed by atoms with van der Waals surface area (Å²) in [5.41, 5.74) is 0.869. The first-order valence-electron chi connectivity index (χ1n) is 3.63. The summed E-state index contributed by atoms with van der Waals surface area (Å²) in [7, 11) is 0. The van der Waals surface area contributed by atoms with Gasteiger partial charge in [-0.2, -0.15) is 0 Å². The number of nitrogens with zero attached hydrogens (tertiary/aromatic N) is 1. The minimum Gasteiger partial charge on any atom is -0.768 e. The molecule has 2 rings (SSSR count). The quantitative estimate of drug-likeness (QED) is 0.654. The topological polar surface area (TPSA) is 53.0 Å². The van der Waals surface area contributed by atoms with E-state index in [0.717, 1.165) is 4.70 Å². The normalized spacial score (nSPS) is 14.6. The number of benzene rings is 1. The van der Waals surface area contributed by atoms with Crippen LogP contribution in [0.4, 0.5) is 0 Å². The van der Waals surface area contributed by atoms with Crippen LogP contribution in [0.5, 0.6) is 0 Å². The molecule has 1 aromatic carbocycles. The molecule has 1 atom stereocenters. The van der Waals surface area contributed by atoms with Crippen LogP contribution in [-0.2, 0) is 11.1 Å². The first kappa shape index (κ1) is 6.71. The molecule has 0 N–H and O–H groups in total. The highest BCUT2D eigenvalue weighted by Gasteiger charge is 1.97. The molecule has 0 aliphatic heterocycles. The van der Waals surface area contributed by atoms with E-state index in [4.69, 9.17) is 1.37 Å². The second-order valence-corrected chi connectivity index (χ2v) is 3.94. The highest BCUT2D eigenvalue weighted by molar-refractivity contribution is 7.79. The van der Waals surface area contributed by atoms with Gasteiger partial charge in [0.15, 0.2) is 0 Å². The second kappa shape index (κ2) is 2.93. The van der Waals surface area contributed by atoms with Gasteiger partial charge in [-0.15, -0.1) is 11.3 Å². The Morgan fingerprint density at radius 3 is 3.25 bits per heavy atom. The van der Waals surface area contributed by atoms with Crippen LogP contribution in [0.15, 0.2) is 28.6 Å². The maximum absolute atomic E-state index is 10.6. The molecular formula is C7H4NO2S2-. The molecule has 3 nitrogen and oxygen atoms in total. The van der Waals surface area contributed by atoms with E-state index in [2.05, 4.69) is 4.98 Å². The van der Waals surface area contributed by atoms with Crippen LogP contribution in [0, 0.1) is 0 Å². The van der Waals surface area contributed by atoms with Crippen LogP contribution in [0.25, 0.3) is 10.2 Å². The number of rotatable bonds is 1. The fourth-order valence-electron chi connectivity index (χ4n) is 0.893. The lowest BCUT2D eigenvalue weighted by Crippen LogP contribution is -1.86. The summed E-state index contributed by atoms with van der Waals surface area (Å²) < 4.78 is 29.2. The average Bonchev–Trinajstić information content (AvgIpc) is 2.42. The van der Waals surface area contributed by atoms with Crippen molar-refractivity contribution in [1.29, 1.82) is 0 Å². The molecule has 0 radical (unpaired) electrons. The first-order valence-corrected chi connectivity index (χ1v) is 5.02. The van der Waals surface area contributed by atoms with E-state index in [9.17, 15) is 8.76 Å². The van der Waals surface area contributed by atoms with Gasteiger partial charge in [0, 0.05) is 4.90 Å². The summed E-state index contributed by atoms with van der Waals surface area (Å²) >= 11 is -1.04. The maximum Gasteiger partial charge on any atom is 0.0960 e. The standard InChI is InChI=1S/C7H5NO2S2/c9-12(10)5-1-2-6-7(3-5)11-4-8-6/h1-4H,(H,9,10)/p-1/i4D. The largest absolute Gasteiger partial charge is 0.768 e. The highest BCUT2D eigenvalue weighted by Crippen LogP contribution is 2.20. The van der Waals surface area contributed by atoms with Gasteiger partial charge in [0.05, 0.1) is 17.1 Å². The van der Waals surface area contributed by atoms with E-state index in [1.807, 2.05) is 0 Å². The molecule has 5 heteroatoms. The van der Waals surface area contributed by atoms with Crippen LogP contribution < -0.4 is 0 Å². The van der Waals surface area contributed by atoms with Gasteiger partial charge in [0.25, 0.3) is 0 Å². The number of thiazole rings is 1. The third kappa shape index (κ3) is 1.26. The Hall–Kier alpha value is -0.780. The zero-order valence-corrected chi connectivity index (χ0v) is 7.45. The number of fused-ring (bicyclic) bond motifs is 1. The summed E-state index contributed by atoms with van der Waals surface area (Å²) in [4.78, 5) is 4.13. The fraction of sp³-hybridized carbons (Fsp3) is 0. The molecule has 0 fully saturated rings. The summed E-state index contributed by atoms with van der Waals surface area (Å²) in [6.07, 6.45) is 0. The highest BCUT2D eigenvalue weighted by atomic mass is 32.2. The summed E-state index contributed by atoms with van der Waals surface area (Å²) in [6, 6.07) is 4.60. The molecule has 0 aliphatic rings. The predicted molar refractivity (Wildman–Crippen MR) is 46.8 cm³/mol. The maximum atomic E-state index is 10.6. The van der Waals surface area contributed by atoms with Crippen LogP contribution in [-0.4, -0.2) is 13.7 Å². The van der Waals surface area contributed by atoms with Crippen LogP contribution >= 0.6 is 11.3 Å². The Balaban J connectivity index is 2.67. The van der Waals surface area contributed by atoms with Gasteiger partial charge in [-0.25, -0.2) is 4.98 Å². The molecule has 0 bridgehead atoms. The SMILES string of the molecule is [2H]c1nc2ccc(S(=O)[O-])cc2s1. The Morgan fingerprint density at radius 2 is 2.50 bits per heavy atom. The minimum absolute atomic E-state index is 0.198. The monoisotopic (exact) mass is 199 g/mol. The molecule has 0 saturated heterocycles. The van der Waals surface area contributed by atoms with Crippen molar-refractivity contribution in [2.45, 2.75) is 4.90 Å². The van der Waals surface area contributed by atoms with Gasteiger partial charge in [0.1, 0.15) is 0 Å². The zero-order chi connectivity index (χ0) is 9.42. The van der Waals surface area contributed by atoms with Crippen molar-refractivity contribution in [3.8, 4) is 0 Å². The van der Waals surface area contributed by atoms with Crippen LogP contribution in [0.2, 0.25) is 0 Å². The minimum atomic E-state index is -2.21. The van der Waals surface area contributed by atoms with Gasteiger partial charge in [-0.1, -0.05) is 0 Å². The lowest BCUT2D eigenvalue weighted by molar-refractivity contribution is 0.537. The fourth-order valence-corrected chi connectivity index (χ4v) is 2.01. The van der Waals surface area contributed by atoms with Gasteiger partial charge in [-0.05, 0) is 29.3 Å². The van der Waals surface area contributed by atoms with Crippen molar-refractivity contribution in [2.75, 3.05) is 0 Å². The Labute approximate surface area is 76.8 Å². The molecular weight excluding hydrogens is 194 g/mol. The predicted octanol–water partition coefficient (Wildman–Crippen LogP) is 1.53. The molecule has 1 heterocycles.